The van der Waals surface area contributed by atoms with Gasteiger partial charge in [-0.25, -0.2) is 4.79 Å². The van der Waals surface area contributed by atoms with Gasteiger partial charge in [0.25, 0.3) is 0 Å². The van der Waals surface area contributed by atoms with Crippen molar-refractivity contribution in [1.82, 2.24) is 0 Å². The number of carboxylic acid groups (broad SMARTS) is 1. The molecule has 1 aromatic carbocycles. The molecular formula is C19H26O3. The van der Waals surface area contributed by atoms with Crippen molar-refractivity contribution >= 4 is 12.0 Å². The minimum Gasteiger partial charge on any atom is -0.481 e. The average Bonchev–Trinajstić information content (AvgIpc) is 2.45. The van der Waals surface area contributed by atoms with Crippen molar-refractivity contribution in [2.75, 3.05) is 6.61 Å². The van der Waals surface area contributed by atoms with Crippen LogP contribution in [0.2, 0.25) is 0 Å². The van der Waals surface area contributed by atoms with E-state index in [1.807, 2.05) is 18.2 Å². The number of allylic oxidation sites excluding steroid dienone is 3. The van der Waals surface area contributed by atoms with Crippen LogP contribution in [-0.2, 0) is 4.79 Å². The molecule has 120 valence electrons. The molecule has 0 bridgehead atoms. The standard InChI is InChI=1S/C19H26O3/c1-13(2)15(4)19(5,6)14(3)11-16-9-7-8-10-17(16)22-12-18(20)21/h7-11H,12H2,1-6H3,(H,20,21). The van der Waals surface area contributed by atoms with Gasteiger partial charge in [-0.2, -0.15) is 0 Å². The number of aliphatic carboxylic acids is 1. The zero-order valence-corrected chi connectivity index (χ0v) is 14.4. The van der Waals surface area contributed by atoms with Crippen molar-refractivity contribution in [3.63, 3.8) is 0 Å². The number of rotatable bonds is 6. The molecule has 0 saturated heterocycles. The van der Waals surface area contributed by atoms with Crippen LogP contribution >= 0.6 is 0 Å². The summed E-state index contributed by atoms with van der Waals surface area (Å²) in [5, 5.41) is 8.76. The third-order valence-corrected chi connectivity index (χ3v) is 4.32. The fraction of sp³-hybridized carbons (Fsp3) is 0.421. The Hall–Kier alpha value is -2.03. The third kappa shape index (κ3) is 4.48. The summed E-state index contributed by atoms with van der Waals surface area (Å²) in [5.74, 6) is -0.383. The largest absolute Gasteiger partial charge is 0.481 e. The molecule has 0 aromatic heterocycles. The summed E-state index contributed by atoms with van der Waals surface area (Å²) < 4.78 is 5.36. The highest BCUT2D eigenvalue weighted by atomic mass is 16.5. The van der Waals surface area contributed by atoms with E-state index in [9.17, 15) is 4.79 Å². The van der Waals surface area contributed by atoms with Crippen LogP contribution in [0.5, 0.6) is 5.75 Å². The molecule has 0 fully saturated rings. The first-order valence-electron chi connectivity index (χ1n) is 7.43. The molecule has 0 aliphatic rings. The van der Waals surface area contributed by atoms with Crippen LogP contribution < -0.4 is 4.74 Å². The lowest BCUT2D eigenvalue weighted by molar-refractivity contribution is -0.139. The Morgan fingerprint density at radius 3 is 2.32 bits per heavy atom. The highest BCUT2D eigenvalue weighted by Crippen LogP contribution is 2.37. The quantitative estimate of drug-likeness (QED) is 0.757. The minimum atomic E-state index is -0.976. The predicted molar refractivity (Wildman–Crippen MR) is 91.1 cm³/mol. The Kier molecular flexibility index (Phi) is 5.98. The van der Waals surface area contributed by atoms with Gasteiger partial charge in [-0.15, -0.1) is 0 Å². The van der Waals surface area contributed by atoms with Crippen LogP contribution in [0.25, 0.3) is 6.08 Å². The fourth-order valence-corrected chi connectivity index (χ4v) is 2.21. The molecule has 0 heterocycles. The number of ether oxygens (including phenoxy) is 1. The van der Waals surface area contributed by atoms with Crippen LogP contribution in [0.4, 0.5) is 0 Å². The highest BCUT2D eigenvalue weighted by Gasteiger charge is 2.23. The average molecular weight is 302 g/mol. The van der Waals surface area contributed by atoms with Gasteiger partial charge in [0.1, 0.15) is 5.75 Å². The molecule has 0 amide bonds. The van der Waals surface area contributed by atoms with Gasteiger partial charge in [-0.05, 0) is 33.8 Å². The molecule has 0 unspecified atom stereocenters. The molecule has 0 aliphatic heterocycles. The molecule has 0 radical (unpaired) electrons. The minimum absolute atomic E-state index is 0.0568. The lowest BCUT2D eigenvalue weighted by atomic mass is 9.76. The number of para-hydroxylation sites is 1. The zero-order chi connectivity index (χ0) is 16.9. The van der Waals surface area contributed by atoms with Gasteiger partial charge < -0.3 is 9.84 Å². The molecule has 0 spiro atoms. The van der Waals surface area contributed by atoms with E-state index in [1.165, 1.54) is 16.7 Å². The van der Waals surface area contributed by atoms with Crippen LogP contribution in [-0.4, -0.2) is 17.7 Å². The first-order chi connectivity index (χ1) is 10.2. The maximum absolute atomic E-state index is 10.7. The second kappa shape index (κ2) is 7.30. The molecule has 1 rings (SSSR count). The van der Waals surface area contributed by atoms with Gasteiger partial charge >= 0.3 is 5.97 Å². The lowest BCUT2D eigenvalue weighted by Gasteiger charge is -2.29. The Balaban J connectivity index is 3.16. The maximum Gasteiger partial charge on any atom is 0.341 e. The number of hydrogen-bond acceptors (Lipinski definition) is 2. The third-order valence-electron chi connectivity index (χ3n) is 4.32. The number of carbonyl (C=O) groups is 1. The number of benzene rings is 1. The molecule has 3 heteroatoms. The lowest BCUT2D eigenvalue weighted by Crippen LogP contribution is -2.16. The molecule has 0 saturated carbocycles. The first kappa shape index (κ1) is 18.0. The van der Waals surface area contributed by atoms with E-state index in [0.29, 0.717) is 5.75 Å². The Labute approximate surface area is 133 Å². The van der Waals surface area contributed by atoms with Crippen LogP contribution in [0, 0.1) is 5.41 Å². The van der Waals surface area contributed by atoms with E-state index in [0.717, 1.165) is 5.56 Å². The van der Waals surface area contributed by atoms with E-state index in [4.69, 9.17) is 9.84 Å². The van der Waals surface area contributed by atoms with E-state index in [-0.39, 0.29) is 12.0 Å². The van der Waals surface area contributed by atoms with Crippen LogP contribution in [0.3, 0.4) is 0 Å². The molecule has 1 aromatic rings. The highest BCUT2D eigenvalue weighted by molar-refractivity contribution is 5.69. The van der Waals surface area contributed by atoms with Gasteiger partial charge in [0.05, 0.1) is 0 Å². The summed E-state index contributed by atoms with van der Waals surface area (Å²) in [5.41, 5.74) is 4.70. The molecule has 0 aliphatic carbocycles. The van der Waals surface area contributed by atoms with Crippen molar-refractivity contribution in [3.05, 3.63) is 46.5 Å². The summed E-state index contributed by atoms with van der Waals surface area (Å²) in [6.45, 7) is 12.5. The predicted octanol–water partition coefficient (Wildman–Crippen LogP) is 4.94. The van der Waals surface area contributed by atoms with Crippen molar-refractivity contribution in [3.8, 4) is 5.75 Å². The summed E-state index contributed by atoms with van der Waals surface area (Å²) in [6.07, 6.45) is 2.07. The summed E-state index contributed by atoms with van der Waals surface area (Å²) in [7, 11) is 0. The number of hydrogen-bond donors (Lipinski definition) is 1. The molecular weight excluding hydrogens is 276 g/mol. The van der Waals surface area contributed by atoms with Crippen molar-refractivity contribution < 1.29 is 14.6 Å². The number of carboxylic acids is 1. The summed E-state index contributed by atoms with van der Waals surface area (Å²) in [4.78, 5) is 10.7. The Morgan fingerprint density at radius 2 is 1.77 bits per heavy atom. The first-order valence-corrected chi connectivity index (χ1v) is 7.43. The van der Waals surface area contributed by atoms with E-state index in [1.54, 1.807) is 6.07 Å². The summed E-state index contributed by atoms with van der Waals surface area (Å²) >= 11 is 0. The molecule has 22 heavy (non-hydrogen) atoms. The van der Waals surface area contributed by atoms with Gasteiger partial charge in [0.2, 0.25) is 0 Å². The Morgan fingerprint density at radius 1 is 1.18 bits per heavy atom. The topological polar surface area (TPSA) is 46.5 Å². The van der Waals surface area contributed by atoms with E-state index in [2.05, 4.69) is 47.6 Å². The zero-order valence-electron chi connectivity index (χ0n) is 14.4. The smallest absolute Gasteiger partial charge is 0.341 e. The Bertz CT molecular complexity index is 603. The van der Waals surface area contributed by atoms with E-state index >= 15 is 0 Å². The van der Waals surface area contributed by atoms with Gasteiger partial charge in [-0.3, -0.25) is 0 Å². The van der Waals surface area contributed by atoms with Crippen molar-refractivity contribution in [1.29, 1.82) is 0 Å². The van der Waals surface area contributed by atoms with E-state index < -0.39 is 5.97 Å². The van der Waals surface area contributed by atoms with Crippen molar-refractivity contribution in [2.24, 2.45) is 5.41 Å². The molecule has 3 nitrogen and oxygen atoms in total. The monoisotopic (exact) mass is 302 g/mol. The van der Waals surface area contributed by atoms with Gasteiger partial charge in [-0.1, -0.05) is 54.8 Å². The maximum atomic E-state index is 10.7. The summed E-state index contributed by atoms with van der Waals surface area (Å²) in [6, 6.07) is 7.50. The van der Waals surface area contributed by atoms with Gasteiger partial charge in [0.15, 0.2) is 6.61 Å². The van der Waals surface area contributed by atoms with Crippen LogP contribution in [0.15, 0.2) is 41.0 Å². The normalized spacial score (nSPS) is 12.0. The second-order valence-electron chi connectivity index (χ2n) is 6.30. The van der Waals surface area contributed by atoms with Crippen LogP contribution in [0.1, 0.15) is 47.1 Å². The molecule has 1 N–H and O–H groups in total. The van der Waals surface area contributed by atoms with Gasteiger partial charge in [0, 0.05) is 11.0 Å². The SMILES string of the molecule is CC(=Cc1ccccc1OCC(=O)O)C(C)(C)C(C)=C(C)C. The van der Waals surface area contributed by atoms with Crippen molar-refractivity contribution in [2.45, 2.75) is 41.5 Å². The molecule has 0 atom stereocenters. The second-order valence-corrected chi connectivity index (χ2v) is 6.30. The fourth-order valence-electron chi connectivity index (χ4n) is 2.21.